The van der Waals surface area contributed by atoms with E-state index in [0.29, 0.717) is 23.0 Å². The van der Waals surface area contributed by atoms with Gasteiger partial charge in [0.05, 0.1) is 6.61 Å². The molecular weight excluding hydrogens is 468 g/mol. The maximum atomic E-state index is 13.5. The van der Waals surface area contributed by atoms with Gasteiger partial charge in [0.15, 0.2) is 5.13 Å². The number of phenolic OH excluding ortho intramolecular Hbond substituents is 1. The van der Waals surface area contributed by atoms with E-state index >= 15 is 0 Å². The molecule has 0 radical (unpaired) electrons. The standard InChI is InChI=1S/C25H28N4O5S/c1-17-3-7-19(8-4-17)29(22(32)12-11-21(31)28-25-27-14-16-35-25)23(24(33)26-13-15-34-2)18-5-9-20(30)10-6-18/h3-10,14,16,23,30H,11-13,15H2,1-2H3,(H,26,33)(H,27,28,31). The number of ether oxygens (including phenoxy) is 1. The number of nitrogens with one attached hydrogen (secondary N) is 2. The number of hydrogen-bond donors (Lipinski definition) is 3. The number of aryl methyl sites for hydroxylation is 1. The lowest BCUT2D eigenvalue weighted by Crippen LogP contribution is -2.45. The van der Waals surface area contributed by atoms with Gasteiger partial charge in [-0.25, -0.2) is 4.98 Å². The number of aromatic nitrogens is 1. The Kier molecular flexibility index (Phi) is 9.33. The summed E-state index contributed by atoms with van der Waals surface area (Å²) in [6.07, 6.45) is 1.38. The molecule has 0 aliphatic heterocycles. The van der Waals surface area contributed by atoms with Crippen molar-refractivity contribution in [3.05, 3.63) is 71.2 Å². The van der Waals surface area contributed by atoms with Crippen LogP contribution in [0.5, 0.6) is 5.75 Å². The second-order valence-electron chi connectivity index (χ2n) is 7.76. The number of carbonyl (C=O) groups excluding carboxylic acids is 3. The summed E-state index contributed by atoms with van der Waals surface area (Å²) in [6, 6.07) is 12.3. The van der Waals surface area contributed by atoms with E-state index in [2.05, 4.69) is 15.6 Å². The van der Waals surface area contributed by atoms with Crippen LogP contribution in [0.15, 0.2) is 60.1 Å². The molecule has 2 aromatic carbocycles. The summed E-state index contributed by atoms with van der Waals surface area (Å²) in [7, 11) is 1.53. The van der Waals surface area contributed by atoms with E-state index < -0.39 is 17.9 Å². The summed E-state index contributed by atoms with van der Waals surface area (Å²) in [5.74, 6) is -1.11. The summed E-state index contributed by atoms with van der Waals surface area (Å²) in [5.41, 5.74) is 2.02. The predicted molar refractivity (Wildman–Crippen MR) is 134 cm³/mol. The van der Waals surface area contributed by atoms with Gasteiger partial charge < -0.3 is 20.5 Å². The number of anilines is 2. The molecule has 3 rings (SSSR count). The van der Waals surface area contributed by atoms with E-state index in [4.69, 9.17) is 4.74 Å². The summed E-state index contributed by atoms with van der Waals surface area (Å²) < 4.78 is 5.03. The van der Waals surface area contributed by atoms with Crippen LogP contribution in [-0.2, 0) is 19.1 Å². The van der Waals surface area contributed by atoms with Gasteiger partial charge in [-0.15, -0.1) is 11.3 Å². The number of hydrogen-bond acceptors (Lipinski definition) is 7. The van der Waals surface area contributed by atoms with Crippen LogP contribution in [0.1, 0.15) is 30.0 Å². The minimum absolute atomic E-state index is 0.0411. The van der Waals surface area contributed by atoms with Gasteiger partial charge in [0.1, 0.15) is 11.8 Å². The molecule has 0 fully saturated rings. The lowest BCUT2D eigenvalue weighted by Gasteiger charge is -2.31. The number of aromatic hydroxyl groups is 1. The van der Waals surface area contributed by atoms with Crippen LogP contribution in [0.3, 0.4) is 0 Å². The van der Waals surface area contributed by atoms with Crippen molar-refractivity contribution in [1.82, 2.24) is 10.3 Å². The van der Waals surface area contributed by atoms with Gasteiger partial charge in [-0.3, -0.25) is 19.3 Å². The topological polar surface area (TPSA) is 121 Å². The minimum Gasteiger partial charge on any atom is -0.508 e. The van der Waals surface area contributed by atoms with Gasteiger partial charge in [-0.05, 0) is 36.8 Å². The number of amides is 3. The second-order valence-corrected chi connectivity index (χ2v) is 8.66. The Morgan fingerprint density at radius 2 is 1.80 bits per heavy atom. The van der Waals surface area contributed by atoms with Crippen molar-refractivity contribution in [3.63, 3.8) is 0 Å². The Balaban J connectivity index is 1.90. The highest BCUT2D eigenvalue weighted by atomic mass is 32.1. The molecule has 3 N–H and O–H groups in total. The fourth-order valence-corrected chi connectivity index (χ4v) is 3.94. The summed E-state index contributed by atoms with van der Waals surface area (Å²) in [6.45, 7) is 2.49. The van der Waals surface area contributed by atoms with Crippen LogP contribution >= 0.6 is 11.3 Å². The summed E-state index contributed by atoms with van der Waals surface area (Å²) >= 11 is 1.28. The minimum atomic E-state index is -1.02. The van der Waals surface area contributed by atoms with Crippen LogP contribution in [-0.4, -0.2) is 48.1 Å². The van der Waals surface area contributed by atoms with E-state index in [1.54, 1.807) is 35.8 Å². The van der Waals surface area contributed by atoms with E-state index in [-0.39, 0.29) is 31.0 Å². The van der Waals surface area contributed by atoms with Gasteiger partial charge in [-0.1, -0.05) is 29.8 Å². The molecule has 184 valence electrons. The van der Waals surface area contributed by atoms with Crippen molar-refractivity contribution in [2.75, 3.05) is 30.5 Å². The number of methoxy groups -OCH3 is 1. The number of nitrogens with zero attached hydrogens (tertiary/aromatic N) is 2. The molecule has 0 aliphatic rings. The fraction of sp³-hybridized carbons (Fsp3) is 0.280. The second kappa shape index (κ2) is 12.6. The average Bonchev–Trinajstić information content (AvgIpc) is 3.35. The van der Waals surface area contributed by atoms with Crippen molar-refractivity contribution in [3.8, 4) is 5.75 Å². The van der Waals surface area contributed by atoms with E-state index in [1.165, 1.54) is 35.5 Å². The Labute approximate surface area is 207 Å². The SMILES string of the molecule is COCCNC(=O)C(c1ccc(O)cc1)N(C(=O)CCC(=O)Nc1nccs1)c1ccc(C)cc1. The average molecular weight is 497 g/mol. The fourth-order valence-electron chi connectivity index (χ4n) is 3.40. The molecule has 1 unspecified atom stereocenters. The Morgan fingerprint density at radius 1 is 1.09 bits per heavy atom. The highest BCUT2D eigenvalue weighted by molar-refractivity contribution is 7.13. The first kappa shape index (κ1) is 25.9. The smallest absolute Gasteiger partial charge is 0.247 e. The Morgan fingerprint density at radius 3 is 2.43 bits per heavy atom. The first-order chi connectivity index (χ1) is 16.9. The largest absolute Gasteiger partial charge is 0.508 e. The van der Waals surface area contributed by atoms with Gasteiger partial charge in [0.2, 0.25) is 17.7 Å². The molecule has 10 heteroatoms. The number of carbonyl (C=O) groups is 3. The summed E-state index contributed by atoms with van der Waals surface area (Å²) in [4.78, 5) is 44.6. The van der Waals surface area contributed by atoms with Crippen LogP contribution in [0.2, 0.25) is 0 Å². The third kappa shape index (κ3) is 7.36. The molecule has 0 spiro atoms. The first-order valence-corrected chi connectivity index (χ1v) is 11.9. The quantitative estimate of drug-likeness (QED) is 0.350. The molecule has 35 heavy (non-hydrogen) atoms. The highest BCUT2D eigenvalue weighted by Gasteiger charge is 2.32. The molecule has 0 saturated carbocycles. The van der Waals surface area contributed by atoms with Crippen molar-refractivity contribution >= 4 is 39.9 Å². The van der Waals surface area contributed by atoms with Gasteiger partial charge in [0, 0.05) is 43.8 Å². The monoisotopic (exact) mass is 496 g/mol. The number of phenols is 1. The van der Waals surface area contributed by atoms with Crippen LogP contribution in [0.25, 0.3) is 0 Å². The molecule has 0 bridgehead atoms. The van der Waals surface area contributed by atoms with Gasteiger partial charge in [0.25, 0.3) is 0 Å². The molecule has 1 heterocycles. The number of benzene rings is 2. The van der Waals surface area contributed by atoms with E-state index in [1.807, 2.05) is 19.1 Å². The van der Waals surface area contributed by atoms with Crippen molar-refractivity contribution < 1.29 is 24.2 Å². The van der Waals surface area contributed by atoms with Gasteiger partial charge >= 0.3 is 0 Å². The molecule has 9 nitrogen and oxygen atoms in total. The molecule has 1 atom stereocenters. The zero-order valence-corrected chi connectivity index (χ0v) is 20.4. The van der Waals surface area contributed by atoms with Crippen molar-refractivity contribution in [2.45, 2.75) is 25.8 Å². The zero-order valence-electron chi connectivity index (χ0n) is 19.6. The van der Waals surface area contributed by atoms with E-state index in [9.17, 15) is 19.5 Å². The number of thiazole rings is 1. The third-order valence-corrected chi connectivity index (χ3v) is 5.83. The molecule has 3 amide bonds. The zero-order chi connectivity index (χ0) is 25.2. The molecule has 0 saturated heterocycles. The summed E-state index contributed by atoms with van der Waals surface area (Å²) in [5, 5.41) is 17.4. The van der Waals surface area contributed by atoms with Crippen molar-refractivity contribution in [2.24, 2.45) is 0 Å². The Bertz CT molecular complexity index is 1120. The first-order valence-electron chi connectivity index (χ1n) is 11.0. The Hall–Kier alpha value is -3.76. The van der Waals surface area contributed by atoms with Crippen LogP contribution in [0, 0.1) is 6.92 Å². The van der Waals surface area contributed by atoms with E-state index in [0.717, 1.165) is 5.56 Å². The predicted octanol–water partition coefficient (Wildman–Crippen LogP) is 3.41. The maximum Gasteiger partial charge on any atom is 0.247 e. The van der Waals surface area contributed by atoms with Crippen LogP contribution < -0.4 is 15.5 Å². The third-order valence-electron chi connectivity index (χ3n) is 5.15. The maximum absolute atomic E-state index is 13.5. The molecule has 1 aromatic heterocycles. The molecule has 3 aromatic rings. The van der Waals surface area contributed by atoms with Crippen molar-refractivity contribution in [1.29, 1.82) is 0 Å². The molecular formula is C25H28N4O5S. The normalized spacial score (nSPS) is 11.5. The number of rotatable bonds is 11. The van der Waals surface area contributed by atoms with Gasteiger partial charge in [-0.2, -0.15) is 0 Å². The lowest BCUT2D eigenvalue weighted by molar-refractivity contribution is -0.127. The lowest BCUT2D eigenvalue weighted by atomic mass is 10.0. The van der Waals surface area contributed by atoms with Crippen LogP contribution in [0.4, 0.5) is 10.8 Å². The molecule has 0 aliphatic carbocycles. The highest BCUT2D eigenvalue weighted by Crippen LogP contribution is 2.30.